The lowest BCUT2D eigenvalue weighted by atomic mass is 9.77. The van der Waals surface area contributed by atoms with Crippen LogP contribution in [-0.2, 0) is 21.2 Å². The highest BCUT2D eigenvalue weighted by atomic mass is 19.4. The minimum absolute atomic E-state index is 0.199. The molecule has 0 unspecified atom stereocenters. The number of carbonyl (C=O) groups excluding carboxylic acids is 2. The molecule has 1 fully saturated rings. The molecule has 0 heterocycles. The Morgan fingerprint density at radius 2 is 1.74 bits per heavy atom. The van der Waals surface area contributed by atoms with Gasteiger partial charge in [0, 0.05) is 6.54 Å². The third-order valence-electron chi connectivity index (χ3n) is 5.75. The van der Waals surface area contributed by atoms with Crippen molar-refractivity contribution in [2.24, 2.45) is 0 Å². The molecule has 0 bridgehead atoms. The minimum Gasteiger partial charge on any atom is -0.333 e. The standard InChI is InChI=1S/C23H24F4N2O2/c1-2-29(15-20(30)28-19-11-4-3-10-18(19)23(25,26)27)21(31)22(12-5-6-13-22)16-8-7-9-17(24)14-16/h3-4,7-11,14H,2,5-6,12-13,15H2,1H3,(H,28,30). The molecule has 2 amide bonds. The van der Waals surface area contributed by atoms with Crippen LogP contribution in [0.5, 0.6) is 0 Å². The van der Waals surface area contributed by atoms with E-state index in [1.165, 1.54) is 35.2 Å². The Morgan fingerprint density at radius 1 is 1.06 bits per heavy atom. The van der Waals surface area contributed by atoms with Crippen molar-refractivity contribution in [3.63, 3.8) is 0 Å². The predicted octanol–water partition coefficient (Wildman–Crippen LogP) is 5.14. The van der Waals surface area contributed by atoms with Gasteiger partial charge in [-0.2, -0.15) is 13.2 Å². The molecule has 1 aliphatic rings. The van der Waals surface area contributed by atoms with Crippen LogP contribution in [0.25, 0.3) is 0 Å². The van der Waals surface area contributed by atoms with Crippen molar-refractivity contribution < 1.29 is 27.2 Å². The van der Waals surface area contributed by atoms with E-state index in [1.807, 2.05) is 0 Å². The number of rotatable bonds is 6. The summed E-state index contributed by atoms with van der Waals surface area (Å²) in [6, 6.07) is 10.6. The first kappa shape index (κ1) is 22.8. The lowest BCUT2D eigenvalue weighted by Gasteiger charge is -2.34. The van der Waals surface area contributed by atoms with Gasteiger partial charge in [-0.3, -0.25) is 9.59 Å². The number of benzene rings is 2. The number of likely N-dealkylation sites (N-methyl/N-ethyl adjacent to an activating group) is 1. The van der Waals surface area contributed by atoms with Crippen molar-refractivity contribution >= 4 is 17.5 Å². The molecule has 4 nitrogen and oxygen atoms in total. The number of nitrogens with zero attached hydrogens (tertiary/aromatic N) is 1. The van der Waals surface area contributed by atoms with E-state index >= 15 is 0 Å². The Kier molecular flexibility index (Phi) is 6.67. The summed E-state index contributed by atoms with van der Waals surface area (Å²) < 4.78 is 53.4. The van der Waals surface area contributed by atoms with Crippen molar-refractivity contribution in [2.45, 2.75) is 44.2 Å². The molecule has 31 heavy (non-hydrogen) atoms. The van der Waals surface area contributed by atoms with Crippen molar-refractivity contribution in [3.05, 3.63) is 65.5 Å². The van der Waals surface area contributed by atoms with Crippen molar-refractivity contribution in [2.75, 3.05) is 18.4 Å². The Labute approximate surface area is 178 Å². The highest BCUT2D eigenvalue weighted by Gasteiger charge is 2.45. The molecule has 1 aliphatic carbocycles. The van der Waals surface area contributed by atoms with Gasteiger partial charge in [0.05, 0.1) is 23.2 Å². The molecular formula is C23H24F4N2O2. The molecule has 3 rings (SSSR count). The van der Waals surface area contributed by atoms with Gasteiger partial charge in [-0.1, -0.05) is 37.1 Å². The van der Waals surface area contributed by atoms with Crippen LogP contribution in [0.4, 0.5) is 23.2 Å². The molecule has 2 aromatic carbocycles. The first-order valence-electron chi connectivity index (χ1n) is 10.2. The Balaban J connectivity index is 1.81. The van der Waals surface area contributed by atoms with Gasteiger partial charge in [-0.15, -0.1) is 0 Å². The second-order valence-corrected chi connectivity index (χ2v) is 7.71. The number of hydrogen-bond donors (Lipinski definition) is 1. The van der Waals surface area contributed by atoms with Gasteiger partial charge in [0.15, 0.2) is 0 Å². The minimum atomic E-state index is -4.62. The SMILES string of the molecule is CCN(CC(=O)Nc1ccccc1C(F)(F)F)C(=O)C1(c2cccc(F)c2)CCCC1. The van der Waals surface area contributed by atoms with Gasteiger partial charge in [0.2, 0.25) is 11.8 Å². The van der Waals surface area contributed by atoms with Crippen LogP contribution < -0.4 is 5.32 Å². The van der Waals surface area contributed by atoms with Gasteiger partial charge < -0.3 is 10.2 Å². The summed E-state index contributed by atoms with van der Waals surface area (Å²) in [5, 5.41) is 2.28. The van der Waals surface area contributed by atoms with E-state index < -0.39 is 35.4 Å². The largest absolute Gasteiger partial charge is 0.418 e. The van der Waals surface area contributed by atoms with Crippen LogP contribution in [0.15, 0.2) is 48.5 Å². The van der Waals surface area contributed by atoms with E-state index in [-0.39, 0.29) is 18.1 Å². The van der Waals surface area contributed by atoms with Gasteiger partial charge in [0.1, 0.15) is 5.82 Å². The van der Waals surface area contributed by atoms with E-state index in [0.717, 1.165) is 18.9 Å². The smallest absolute Gasteiger partial charge is 0.333 e. The van der Waals surface area contributed by atoms with Gasteiger partial charge in [0.25, 0.3) is 0 Å². The molecule has 166 valence electrons. The van der Waals surface area contributed by atoms with Gasteiger partial charge in [-0.05, 0) is 49.6 Å². The van der Waals surface area contributed by atoms with Crippen LogP contribution in [0.2, 0.25) is 0 Å². The second-order valence-electron chi connectivity index (χ2n) is 7.71. The molecule has 0 radical (unpaired) electrons. The summed E-state index contributed by atoms with van der Waals surface area (Å²) in [5.74, 6) is -1.47. The quantitative estimate of drug-likeness (QED) is 0.638. The topological polar surface area (TPSA) is 49.4 Å². The first-order valence-corrected chi connectivity index (χ1v) is 10.2. The summed E-state index contributed by atoms with van der Waals surface area (Å²) in [6.45, 7) is 1.51. The lowest BCUT2D eigenvalue weighted by molar-refractivity contribution is -0.140. The Morgan fingerprint density at radius 3 is 2.35 bits per heavy atom. The van der Waals surface area contributed by atoms with Crippen LogP contribution in [0.3, 0.4) is 0 Å². The number of amides is 2. The average Bonchev–Trinajstić information content (AvgIpc) is 3.22. The van der Waals surface area contributed by atoms with E-state index in [0.29, 0.717) is 18.4 Å². The normalized spacial score (nSPS) is 15.5. The molecule has 1 saturated carbocycles. The maximum absolute atomic E-state index is 13.8. The van der Waals surface area contributed by atoms with Crippen LogP contribution >= 0.6 is 0 Å². The number of halogens is 4. The molecule has 0 aromatic heterocycles. The number of hydrogen-bond acceptors (Lipinski definition) is 2. The fourth-order valence-corrected chi connectivity index (χ4v) is 4.22. The maximum Gasteiger partial charge on any atom is 0.418 e. The summed E-state index contributed by atoms with van der Waals surface area (Å²) in [7, 11) is 0. The summed E-state index contributed by atoms with van der Waals surface area (Å²) in [5.41, 5.74) is -1.67. The molecule has 0 spiro atoms. The van der Waals surface area contributed by atoms with Crippen molar-refractivity contribution in [3.8, 4) is 0 Å². The number of para-hydroxylation sites is 1. The average molecular weight is 436 g/mol. The van der Waals surface area contributed by atoms with E-state index in [1.54, 1.807) is 19.1 Å². The van der Waals surface area contributed by atoms with Gasteiger partial charge in [-0.25, -0.2) is 4.39 Å². The van der Waals surface area contributed by atoms with Crippen molar-refractivity contribution in [1.82, 2.24) is 4.90 Å². The fourth-order valence-electron chi connectivity index (χ4n) is 4.22. The Hall–Kier alpha value is -2.90. The second kappa shape index (κ2) is 9.08. The maximum atomic E-state index is 13.8. The van der Waals surface area contributed by atoms with Crippen molar-refractivity contribution in [1.29, 1.82) is 0 Å². The summed E-state index contributed by atoms with van der Waals surface area (Å²) in [6.07, 6.45) is -1.96. The highest BCUT2D eigenvalue weighted by molar-refractivity contribution is 5.97. The first-order chi connectivity index (χ1) is 14.7. The summed E-state index contributed by atoms with van der Waals surface area (Å²) in [4.78, 5) is 27.3. The lowest BCUT2D eigenvalue weighted by Crippen LogP contribution is -2.48. The van der Waals surface area contributed by atoms with Crippen LogP contribution in [-0.4, -0.2) is 29.8 Å². The zero-order valence-electron chi connectivity index (χ0n) is 17.1. The fraction of sp³-hybridized carbons (Fsp3) is 0.391. The Bertz CT molecular complexity index is 953. The van der Waals surface area contributed by atoms with E-state index in [9.17, 15) is 27.2 Å². The monoisotopic (exact) mass is 436 g/mol. The van der Waals surface area contributed by atoms with E-state index in [2.05, 4.69) is 5.32 Å². The molecule has 8 heteroatoms. The molecule has 2 aromatic rings. The molecular weight excluding hydrogens is 412 g/mol. The van der Waals surface area contributed by atoms with Crippen LogP contribution in [0, 0.1) is 5.82 Å². The molecule has 0 saturated heterocycles. The third kappa shape index (κ3) is 4.89. The molecule has 0 aliphatic heterocycles. The number of anilines is 1. The summed E-state index contributed by atoms with van der Waals surface area (Å²) >= 11 is 0. The third-order valence-corrected chi connectivity index (χ3v) is 5.75. The predicted molar refractivity (Wildman–Crippen MR) is 109 cm³/mol. The number of carbonyl (C=O) groups is 2. The van der Waals surface area contributed by atoms with Crippen LogP contribution in [0.1, 0.15) is 43.7 Å². The molecule has 1 N–H and O–H groups in total. The highest BCUT2D eigenvalue weighted by Crippen LogP contribution is 2.43. The zero-order chi connectivity index (χ0) is 22.6. The number of nitrogens with one attached hydrogen (secondary N) is 1. The van der Waals surface area contributed by atoms with Gasteiger partial charge >= 0.3 is 6.18 Å². The molecule has 0 atom stereocenters. The van der Waals surface area contributed by atoms with E-state index in [4.69, 9.17) is 0 Å². The number of alkyl halides is 3. The zero-order valence-corrected chi connectivity index (χ0v) is 17.1.